The maximum Gasteiger partial charge on any atom is 0.368 e. The minimum atomic E-state index is -1.36. The van der Waals surface area contributed by atoms with Crippen LogP contribution in [0.5, 0.6) is 5.75 Å². The van der Waals surface area contributed by atoms with Crippen LogP contribution in [-0.2, 0) is 6.54 Å². The molecule has 26 heavy (non-hydrogen) atoms. The number of methoxy groups -OCH3 is 1. The molecule has 1 atom stereocenters. The van der Waals surface area contributed by atoms with Gasteiger partial charge in [0.05, 0.1) is 12.7 Å². The van der Waals surface area contributed by atoms with E-state index in [4.69, 9.17) is 16.6 Å². The fraction of sp³-hybridized carbons (Fsp3) is 0.158. The smallest absolute Gasteiger partial charge is 0.368 e. The quantitative estimate of drug-likeness (QED) is 0.641. The van der Waals surface area contributed by atoms with Crippen molar-refractivity contribution in [2.24, 2.45) is 0 Å². The summed E-state index contributed by atoms with van der Waals surface area (Å²) in [4.78, 5) is 27.1. The zero-order valence-electron chi connectivity index (χ0n) is 13.8. The molecule has 0 aliphatic rings. The monoisotopic (exact) mass is 351 g/mol. The summed E-state index contributed by atoms with van der Waals surface area (Å²) in [7, 11) is 1.39. The van der Waals surface area contributed by atoms with Crippen LogP contribution in [0.3, 0.4) is 0 Å². The predicted octanol–water partition coefficient (Wildman–Crippen LogP) is 2.76. The number of halogens is 1. The predicted molar refractivity (Wildman–Crippen MR) is 90.9 cm³/mol. The lowest BCUT2D eigenvalue weighted by molar-refractivity contribution is 0.0945. The Balaban J connectivity index is 2.06. The van der Waals surface area contributed by atoms with Gasteiger partial charge in [-0.1, -0.05) is 24.3 Å². The summed E-state index contributed by atoms with van der Waals surface area (Å²) in [5.41, 5.74) is 1.02. The Labute approximate surface area is 149 Å². The molecule has 2 aromatic rings. The van der Waals surface area contributed by atoms with Crippen molar-refractivity contribution >= 4 is 11.7 Å². The molecule has 7 heteroatoms. The Morgan fingerprint density at radius 2 is 2.00 bits per heavy atom. The van der Waals surface area contributed by atoms with Gasteiger partial charge in [0, 0.05) is 12.1 Å². The van der Waals surface area contributed by atoms with Gasteiger partial charge in [-0.05, 0) is 23.8 Å². The van der Waals surface area contributed by atoms with Crippen LogP contribution in [-0.4, -0.2) is 24.8 Å². The van der Waals surface area contributed by atoms with Crippen molar-refractivity contribution in [1.82, 2.24) is 5.32 Å². The van der Waals surface area contributed by atoms with Crippen LogP contribution in [0, 0.1) is 23.7 Å². The highest BCUT2D eigenvalue weighted by Gasteiger charge is 2.23. The van der Waals surface area contributed by atoms with Crippen LogP contribution in [0.2, 0.25) is 0 Å². The lowest BCUT2D eigenvalue weighted by Gasteiger charge is -2.10. The van der Waals surface area contributed by atoms with Gasteiger partial charge >= 0.3 is 6.04 Å². The largest absolute Gasteiger partial charge is 0.496 e. The van der Waals surface area contributed by atoms with E-state index in [2.05, 4.69) is 10.2 Å². The molecule has 0 aromatic heterocycles. The van der Waals surface area contributed by atoms with E-state index >= 15 is 0 Å². The first-order valence-corrected chi connectivity index (χ1v) is 7.51. The number of nitrogens with zero attached hydrogens (tertiary/aromatic N) is 2. The zero-order chi connectivity index (χ0) is 19.1. The highest BCUT2D eigenvalue weighted by atomic mass is 19.1. The molecule has 0 aliphatic carbocycles. The summed E-state index contributed by atoms with van der Waals surface area (Å²) in [6, 6.07) is 10.1. The van der Waals surface area contributed by atoms with Gasteiger partial charge in [0.25, 0.3) is 11.7 Å². The molecule has 2 rings (SSSR count). The Morgan fingerprint density at radius 1 is 1.31 bits per heavy atom. The van der Waals surface area contributed by atoms with Crippen molar-refractivity contribution in [3.8, 4) is 11.8 Å². The van der Waals surface area contributed by atoms with Crippen molar-refractivity contribution in [2.45, 2.75) is 12.6 Å². The van der Waals surface area contributed by atoms with Crippen LogP contribution < -0.4 is 10.1 Å². The molecule has 1 amide bonds. The number of carbonyl (C=O) groups is 2. The standard InChI is InChI=1S/C19H14FN3O3/c1-22-16(10-21)18(24)13-5-3-12(4-6-13)11-23-19(25)15-9-14(20)7-8-17(15)26-2/h3-9,16H,11H2,2H3,(H,23,25). The molecule has 0 bridgehead atoms. The lowest BCUT2D eigenvalue weighted by atomic mass is 10.0. The number of nitrogens with one attached hydrogen (secondary N) is 1. The molecule has 2 aromatic carbocycles. The van der Waals surface area contributed by atoms with Crippen molar-refractivity contribution < 1.29 is 18.7 Å². The Kier molecular flexibility index (Phi) is 6.02. The fourth-order valence-corrected chi connectivity index (χ4v) is 2.23. The van der Waals surface area contributed by atoms with Crippen LogP contribution in [0.4, 0.5) is 4.39 Å². The maximum absolute atomic E-state index is 13.3. The minimum absolute atomic E-state index is 0.0771. The summed E-state index contributed by atoms with van der Waals surface area (Å²) in [6.07, 6.45) is 0. The molecule has 0 aliphatic heterocycles. The van der Waals surface area contributed by atoms with Gasteiger partial charge in [0.15, 0.2) is 6.07 Å². The number of carbonyl (C=O) groups excluding carboxylic acids is 2. The third-order valence-corrected chi connectivity index (χ3v) is 3.60. The molecular formula is C19H14FN3O3. The van der Waals surface area contributed by atoms with Crippen LogP contribution in [0.15, 0.2) is 42.5 Å². The average Bonchev–Trinajstić information content (AvgIpc) is 2.67. The van der Waals surface area contributed by atoms with E-state index in [-0.39, 0.29) is 23.4 Å². The van der Waals surface area contributed by atoms with E-state index in [1.165, 1.54) is 31.4 Å². The summed E-state index contributed by atoms with van der Waals surface area (Å²) >= 11 is 0. The van der Waals surface area contributed by atoms with Gasteiger partial charge in [-0.2, -0.15) is 5.26 Å². The third kappa shape index (κ3) is 4.22. The van der Waals surface area contributed by atoms with Gasteiger partial charge in [-0.25, -0.2) is 11.0 Å². The van der Waals surface area contributed by atoms with Crippen molar-refractivity contribution in [2.75, 3.05) is 7.11 Å². The van der Waals surface area contributed by atoms with E-state index in [9.17, 15) is 14.0 Å². The first-order valence-electron chi connectivity index (χ1n) is 7.51. The SMILES string of the molecule is [C-]#[N+]C(C#N)C(=O)c1ccc(CNC(=O)c2cc(F)ccc2OC)cc1. The second kappa shape index (κ2) is 8.41. The Morgan fingerprint density at radius 3 is 2.58 bits per heavy atom. The number of Topliss-reactive ketones (excluding diaryl/α,β-unsaturated/α-hetero) is 1. The van der Waals surface area contributed by atoms with Crippen molar-refractivity contribution in [3.63, 3.8) is 0 Å². The molecular weight excluding hydrogens is 337 g/mol. The second-order valence-corrected chi connectivity index (χ2v) is 5.25. The van der Waals surface area contributed by atoms with Crippen LogP contribution in [0.1, 0.15) is 26.3 Å². The maximum atomic E-state index is 13.3. The zero-order valence-corrected chi connectivity index (χ0v) is 13.8. The number of amides is 1. The molecule has 130 valence electrons. The first-order chi connectivity index (χ1) is 12.5. The number of rotatable bonds is 6. The molecule has 1 N–H and O–H groups in total. The summed E-state index contributed by atoms with van der Waals surface area (Å²) in [5.74, 6) is -1.36. The average molecular weight is 351 g/mol. The van der Waals surface area contributed by atoms with Crippen molar-refractivity contribution in [3.05, 3.63) is 76.4 Å². The molecule has 6 nitrogen and oxygen atoms in total. The van der Waals surface area contributed by atoms with Gasteiger partial charge in [0.1, 0.15) is 11.6 Å². The van der Waals surface area contributed by atoms with Gasteiger partial charge < -0.3 is 10.1 Å². The summed E-state index contributed by atoms with van der Waals surface area (Å²) in [6.45, 7) is 6.97. The first kappa shape index (κ1) is 18.6. The van der Waals surface area contributed by atoms with Crippen LogP contribution >= 0.6 is 0 Å². The third-order valence-electron chi connectivity index (χ3n) is 3.60. The van der Waals surface area contributed by atoms with Gasteiger partial charge in [0.2, 0.25) is 0 Å². The normalized spacial score (nSPS) is 10.9. The Hall–Kier alpha value is -3.71. The topological polar surface area (TPSA) is 83.5 Å². The van der Waals surface area contributed by atoms with E-state index in [0.29, 0.717) is 5.56 Å². The van der Waals surface area contributed by atoms with E-state index in [1.807, 2.05) is 0 Å². The number of nitriles is 1. The number of hydrogen-bond acceptors (Lipinski definition) is 4. The number of hydrogen-bond donors (Lipinski definition) is 1. The molecule has 0 radical (unpaired) electrons. The molecule has 0 spiro atoms. The van der Waals surface area contributed by atoms with Crippen molar-refractivity contribution in [1.29, 1.82) is 5.26 Å². The number of ketones is 1. The van der Waals surface area contributed by atoms with Gasteiger partial charge in [-0.3, -0.25) is 14.4 Å². The number of ether oxygens (including phenoxy) is 1. The fourth-order valence-electron chi connectivity index (χ4n) is 2.23. The second-order valence-electron chi connectivity index (χ2n) is 5.25. The minimum Gasteiger partial charge on any atom is -0.496 e. The molecule has 0 fully saturated rings. The highest BCUT2D eigenvalue weighted by molar-refractivity contribution is 6.03. The molecule has 0 saturated heterocycles. The van der Waals surface area contributed by atoms with E-state index < -0.39 is 23.5 Å². The van der Waals surface area contributed by atoms with Crippen LogP contribution in [0.25, 0.3) is 4.85 Å². The highest BCUT2D eigenvalue weighted by Crippen LogP contribution is 2.19. The van der Waals surface area contributed by atoms with E-state index in [1.54, 1.807) is 18.2 Å². The summed E-state index contributed by atoms with van der Waals surface area (Å²) < 4.78 is 18.4. The number of benzene rings is 2. The summed E-state index contributed by atoms with van der Waals surface area (Å²) in [5, 5.41) is 11.4. The Bertz CT molecular complexity index is 897. The molecule has 0 heterocycles. The van der Waals surface area contributed by atoms with Gasteiger partial charge in [-0.15, -0.1) is 0 Å². The molecule has 1 unspecified atom stereocenters. The van der Waals surface area contributed by atoms with E-state index in [0.717, 1.165) is 6.07 Å². The lowest BCUT2D eigenvalue weighted by Crippen LogP contribution is -2.23. The molecule has 0 saturated carbocycles.